The van der Waals surface area contributed by atoms with E-state index in [2.05, 4.69) is 5.32 Å². The van der Waals surface area contributed by atoms with Crippen molar-refractivity contribution in [3.63, 3.8) is 0 Å². The lowest BCUT2D eigenvalue weighted by atomic mass is 10.2. The summed E-state index contributed by atoms with van der Waals surface area (Å²) in [6, 6.07) is 12.4. The first-order valence-corrected chi connectivity index (χ1v) is 6.83. The molecule has 2 rings (SSSR count). The van der Waals surface area contributed by atoms with E-state index in [1.807, 2.05) is 31.2 Å². The second-order valence-electron chi connectivity index (χ2n) is 4.52. The van der Waals surface area contributed by atoms with Crippen molar-refractivity contribution >= 4 is 5.91 Å². The van der Waals surface area contributed by atoms with Crippen molar-refractivity contribution in [2.24, 2.45) is 0 Å². The molecule has 0 fully saturated rings. The van der Waals surface area contributed by atoms with Crippen LogP contribution in [0.4, 0.5) is 0 Å². The van der Waals surface area contributed by atoms with Gasteiger partial charge in [0, 0.05) is 18.8 Å². The van der Waals surface area contributed by atoms with Crippen LogP contribution in [0.5, 0.6) is 5.75 Å². The van der Waals surface area contributed by atoms with Crippen LogP contribution in [-0.4, -0.2) is 17.1 Å². The molecule has 1 aromatic carbocycles. The largest absolute Gasteiger partial charge is 0.494 e. The molecule has 0 saturated heterocycles. The smallest absolute Gasteiger partial charge is 0.250 e. The molecule has 1 amide bonds. The van der Waals surface area contributed by atoms with Gasteiger partial charge in [0.15, 0.2) is 0 Å². The van der Waals surface area contributed by atoms with Gasteiger partial charge in [-0.3, -0.25) is 9.59 Å². The Labute approximate surface area is 123 Å². The van der Waals surface area contributed by atoms with Gasteiger partial charge in [-0.05, 0) is 30.7 Å². The maximum Gasteiger partial charge on any atom is 0.250 e. The van der Waals surface area contributed by atoms with Crippen LogP contribution < -0.4 is 15.6 Å². The van der Waals surface area contributed by atoms with Gasteiger partial charge in [0.1, 0.15) is 12.3 Å². The first kappa shape index (κ1) is 14.8. The molecular formula is C16H18N2O3. The van der Waals surface area contributed by atoms with E-state index in [-0.39, 0.29) is 18.0 Å². The highest BCUT2D eigenvalue weighted by Crippen LogP contribution is 2.12. The molecule has 0 radical (unpaired) electrons. The quantitative estimate of drug-likeness (QED) is 0.876. The minimum Gasteiger partial charge on any atom is -0.494 e. The van der Waals surface area contributed by atoms with Crippen molar-refractivity contribution in [2.45, 2.75) is 20.0 Å². The second-order valence-corrected chi connectivity index (χ2v) is 4.52. The van der Waals surface area contributed by atoms with Crippen molar-refractivity contribution < 1.29 is 9.53 Å². The number of pyridine rings is 1. The number of rotatable bonds is 6. The van der Waals surface area contributed by atoms with Gasteiger partial charge in [0.2, 0.25) is 5.91 Å². The van der Waals surface area contributed by atoms with E-state index in [4.69, 9.17) is 4.74 Å². The summed E-state index contributed by atoms with van der Waals surface area (Å²) in [4.78, 5) is 23.4. The van der Waals surface area contributed by atoms with Gasteiger partial charge in [-0.1, -0.05) is 18.2 Å². The standard InChI is InChI=1S/C16H18N2O3/c1-2-21-14-7-5-6-13(10-14)11-17-15(19)12-18-9-4-3-8-16(18)20/h3-10H,2,11-12H2,1H3,(H,17,19). The Morgan fingerprint density at radius 3 is 2.86 bits per heavy atom. The zero-order valence-corrected chi connectivity index (χ0v) is 11.9. The summed E-state index contributed by atoms with van der Waals surface area (Å²) < 4.78 is 6.77. The van der Waals surface area contributed by atoms with Crippen LogP contribution in [0.15, 0.2) is 53.5 Å². The third-order valence-corrected chi connectivity index (χ3v) is 2.91. The van der Waals surface area contributed by atoms with Crippen LogP contribution in [-0.2, 0) is 17.9 Å². The number of hydrogen-bond donors (Lipinski definition) is 1. The molecule has 2 aromatic rings. The number of aromatic nitrogens is 1. The van der Waals surface area contributed by atoms with Gasteiger partial charge in [0.25, 0.3) is 5.56 Å². The molecule has 5 heteroatoms. The van der Waals surface area contributed by atoms with E-state index in [0.717, 1.165) is 11.3 Å². The van der Waals surface area contributed by atoms with E-state index < -0.39 is 0 Å². The Balaban J connectivity index is 1.91. The number of hydrogen-bond acceptors (Lipinski definition) is 3. The Morgan fingerprint density at radius 1 is 1.24 bits per heavy atom. The molecule has 0 bridgehead atoms. The fourth-order valence-electron chi connectivity index (χ4n) is 1.91. The van der Waals surface area contributed by atoms with Gasteiger partial charge >= 0.3 is 0 Å². The number of nitrogens with zero attached hydrogens (tertiary/aromatic N) is 1. The number of amides is 1. The molecule has 1 N–H and O–H groups in total. The monoisotopic (exact) mass is 286 g/mol. The molecule has 0 aliphatic heterocycles. The van der Waals surface area contributed by atoms with Crippen molar-refractivity contribution in [1.82, 2.24) is 9.88 Å². The third-order valence-electron chi connectivity index (χ3n) is 2.91. The number of nitrogens with one attached hydrogen (secondary N) is 1. The molecule has 0 atom stereocenters. The first-order valence-electron chi connectivity index (χ1n) is 6.83. The van der Waals surface area contributed by atoms with Crippen LogP contribution in [0.1, 0.15) is 12.5 Å². The van der Waals surface area contributed by atoms with Gasteiger partial charge in [-0.25, -0.2) is 0 Å². The van der Waals surface area contributed by atoms with Crippen molar-refractivity contribution in [3.8, 4) is 5.75 Å². The maximum atomic E-state index is 11.8. The zero-order valence-electron chi connectivity index (χ0n) is 11.9. The average molecular weight is 286 g/mol. The second kappa shape index (κ2) is 7.28. The Hall–Kier alpha value is -2.56. The Kier molecular flexibility index (Phi) is 5.15. The highest BCUT2D eigenvalue weighted by Gasteiger charge is 2.04. The van der Waals surface area contributed by atoms with Crippen molar-refractivity contribution in [3.05, 3.63) is 64.6 Å². The molecule has 0 spiro atoms. The summed E-state index contributed by atoms with van der Waals surface area (Å²) in [6.45, 7) is 2.95. The van der Waals surface area contributed by atoms with Gasteiger partial charge in [0.05, 0.1) is 6.61 Å². The topological polar surface area (TPSA) is 60.3 Å². The molecule has 1 heterocycles. The minimum absolute atomic E-state index is 0.0187. The molecule has 1 aromatic heterocycles. The predicted molar refractivity (Wildman–Crippen MR) is 80.2 cm³/mol. The summed E-state index contributed by atoms with van der Waals surface area (Å²) in [7, 11) is 0. The lowest BCUT2D eigenvalue weighted by molar-refractivity contribution is -0.121. The Morgan fingerprint density at radius 2 is 2.10 bits per heavy atom. The SMILES string of the molecule is CCOc1cccc(CNC(=O)Cn2ccccc2=O)c1. The van der Waals surface area contributed by atoms with E-state index in [9.17, 15) is 9.59 Å². The zero-order chi connectivity index (χ0) is 15.1. The molecule has 21 heavy (non-hydrogen) atoms. The van der Waals surface area contributed by atoms with Crippen molar-refractivity contribution in [2.75, 3.05) is 6.61 Å². The molecule has 0 saturated carbocycles. The number of carbonyl (C=O) groups excluding carboxylic acids is 1. The number of ether oxygens (including phenoxy) is 1. The highest BCUT2D eigenvalue weighted by molar-refractivity contribution is 5.75. The van der Waals surface area contributed by atoms with Crippen molar-refractivity contribution in [1.29, 1.82) is 0 Å². The van der Waals surface area contributed by atoms with Gasteiger partial charge in [-0.15, -0.1) is 0 Å². The van der Waals surface area contributed by atoms with E-state index in [0.29, 0.717) is 13.2 Å². The lowest BCUT2D eigenvalue weighted by Crippen LogP contribution is -2.31. The fraction of sp³-hybridized carbons (Fsp3) is 0.250. The van der Waals surface area contributed by atoms with Crippen LogP contribution in [0.3, 0.4) is 0 Å². The van der Waals surface area contributed by atoms with Crippen LogP contribution in [0.25, 0.3) is 0 Å². The summed E-state index contributed by atoms with van der Waals surface area (Å²) >= 11 is 0. The first-order chi connectivity index (χ1) is 10.2. The summed E-state index contributed by atoms with van der Waals surface area (Å²) in [5.41, 5.74) is 0.765. The summed E-state index contributed by atoms with van der Waals surface area (Å²) in [6.07, 6.45) is 1.59. The van der Waals surface area contributed by atoms with E-state index >= 15 is 0 Å². The summed E-state index contributed by atoms with van der Waals surface area (Å²) in [5, 5.41) is 2.79. The van der Waals surface area contributed by atoms with Gasteiger partial charge < -0.3 is 14.6 Å². The van der Waals surface area contributed by atoms with Crippen LogP contribution in [0, 0.1) is 0 Å². The molecule has 0 aliphatic carbocycles. The van der Waals surface area contributed by atoms with Crippen LogP contribution in [0.2, 0.25) is 0 Å². The minimum atomic E-state index is -0.204. The lowest BCUT2D eigenvalue weighted by Gasteiger charge is -2.09. The maximum absolute atomic E-state index is 11.8. The van der Waals surface area contributed by atoms with Crippen LogP contribution >= 0.6 is 0 Å². The molecular weight excluding hydrogens is 268 g/mol. The normalized spacial score (nSPS) is 10.1. The predicted octanol–water partition coefficient (Wildman–Crippen LogP) is 1.56. The molecule has 0 unspecified atom stereocenters. The number of benzene rings is 1. The van der Waals surface area contributed by atoms with E-state index in [1.165, 1.54) is 10.6 Å². The van der Waals surface area contributed by atoms with Gasteiger partial charge in [-0.2, -0.15) is 0 Å². The third kappa shape index (κ3) is 4.49. The summed E-state index contributed by atoms with van der Waals surface area (Å²) in [5.74, 6) is 0.577. The van der Waals surface area contributed by atoms with E-state index in [1.54, 1.807) is 18.3 Å². The molecule has 0 aliphatic rings. The fourth-order valence-corrected chi connectivity index (χ4v) is 1.91. The Bertz CT molecular complexity index is 664. The molecule has 5 nitrogen and oxygen atoms in total. The number of carbonyl (C=O) groups is 1. The molecule has 110 valence electrons. The average Bonchev–Trinajstić information content (AvgIpc) is 2.48. The highest BCUT2D eigenvalue weighted by atomic mass is 16.5.